The molecule has 206 valence electrons. The van der Waals surface area contributed by atoms with E-state index in [1.807, 2.05) is 11.8 Å². The molecule has 11 nitrogen and oxygen atoms in total. The van der Waals surface area contributed by atoms with Crippen LogP contribution in [-0.2, 0) is 27.8 Å². The number of fused-ring (bicyclic) bond motifs is 1. The Bertz CT molecular complexity index is 1310. The Balaban J connectivity index is 1.48. The number of benzene rings is 1. The van der Waals surface area contributed by atoms with Crippen molar-refractivity contribution in [1.29, 1.82) is 0 Å². The van der Waals surface area contributed by atoms with E-state index in [2.05, 4.69) is 20.5 Å². The maximum Gasteiger partial charge on any atom is 0.328 e. The number of amides is 4. The van der Waals surface area contributed by atoms with E-state index in [1.165, 1.54) is 40.5 Å². The number of halogens is 1. The summed E-state index contributed by atoms with van der Waals surface area (Å²) in [6.45, 7) is 1.60. The van der Waals surface area contributed by atoms with E-state index in [0.717, 1.165) is 30.1 Å². The number of hydrogen-bond acceptors (Lipinski definition) is 8. The van der Waals surface area contributed by atoms with E-state index in [-0.39, 0.29) is 22.6 Å². The molecule has 4 rings (SSSR count). The third kappa shape index (κ3) is 6.63. The summed E-state index contributed by atoms with van der Waals surface area (Å²) < 4.78 is 27.3. The number of thiazole rings is 1. The molecule has 4 amide bonds. The van der Waals surface area contributed by atoms with Crippen molar-refractivity contribution in [3.8, 4) is 0 Å². The van der Waals surface area contributed by atoms with Gasteiger partial charge in [-0.15, -0.1) is 11.3 Å². The van der Waals surface area contributed by atoms with Crippen molar-refractivity contribution in [3.63, 3.8) is 0 Å². The van der Waals surface area contributed by atoms with E-state index in [4.69, 9.17) is 11.6 Å². The highest BCUT2D eigenvalue weighted by atomic mass is 35.5. The van der Waals surface area contributed by atoms with Crippen LogP contribution in [0.2, 0.25) is 5.02 Å². The molecule has 1 unspecified atom stereocenters. The summed E-state index contributed by atoms with van der Waals surface area (Å²) in [4.78, 5) is 47.7. The van der Waals surface area contributed by atoms with E-state index < -0.39 is 28.1 Å². The Hall–Kier alpha value is -2.74. The monoisotopic (exact) mass is 582 g/mol. The second-order valence-corrected chi connectivity index (χ2v) is 13.0. The van der Waals surface area contributed by atoms with Gasteiger partial charge in [0.1, 0.15) is 0 Å². The van der Waals surface area contributed by atoms with Crippen LogP contribution in [-0.4, -0.2) is 80.8 Å². The Labute approximate surface area is 231 Å². The van der Waals surface area contributed by atoms with Gasteiger partial charge in [-0.05, 0) is 50.6 Å². The number of urea groups is 1. The van der Waals surface area contributed by atoms with Crippen LogP contribution in [0.15, 0.2) is 29.2 Å². The van der Waals surface area contributed by atoms with Crippen molar-refractivity contribution >= 4 is 50.8 Å². The van der Waals surface area contributed by atoms with Crippen LogP contribution in [0, 0.1) is 5.92 Å². The van der Waals surface area contributed by atoms with Crippen molar-refractivity contribution in [2.75, 3.05) is 27.7 Å². The molecule has 38 heavy (non-hydrogen) atoms. The summed E-state index contributed by atoms with van der Waals surface area (Å²) >= 11 is 7.17. The van der Waals surface area contributed by atoms with Crippen molar-refractivity contribution < 1.29 is 22.8 Å². The first-order chi connectivity index (χ1) is 17.9. The standard InChI is InChI=1S/C24H31ClN6O5S2/c1-30(2)23(33)14-4-9-17(28-24(34)29-38(35,36)16-7-5-15(25)6-8-16)19(12-14)26-21(32)22-27-18-10-11-31(3)13-20(18)37-22/h5-8,14,17,19H,4,9-13H2,1-3H3,(H,26,32)(H2,28,29,34)/t14?,17-,19+/m0/s1. The average molecular weight is 583 g/mol. The molecule has 1 aromatic heterocycles. The quantitative estimate of drug-likeness (QED) is 0.472. The van der Waals surface area contributed by atoms with Gasteiger partial charge in [-0.2, -0.15) is 0 Å². The predicted octanol–water partition coefficient (Wildman–Crippen LogP) is 1.83. The normalized spacial score (nSPS) is 21.7. The fourth-order valence-electron chi connectivity index (χ4n) is 4.74. The smallest absolute Gasteiger partial charge is 0.328 e. The second-order valence-electron chi connectivity index (χ2n) is 9.84. The zero-order valence-electron chi connectivity index (χ0n) is 21.4. The number of likely N-dealkylation sites (N-methyl/N-ethyl adjacent to an activating group) is 1. The first kappa shape index (κ1) is 28.3. The molecule has 1 aromatic carbocycles. The number of carbonyl (C=O) groups excluding carboxylic acids is 3. The lowest BCUT2D eigenvalue weighted by atomic mass is 9.81. The molecule has 0 radical (unpaired) electrons. The van der Waals surface area contributed by atoms with Gasteiger partial charge in [0.15, 0.2) is 5.01 Å². The van der Waals surface area contributed by atoms with Gasteiger partial charge in [0.25, 0.3) is 15.9 Å². The number of aromatic nitrogens is 1. The van der Waals surface area contributed by atoms with E-state index in [0.29, 0.717) is 29.3 Å². The molecule has 2 heterocycles. The zero-order valence-corrected chi connectivity index (χ0v) is 23.8. The summed E-state index contributed by atoms with van der Waals surface area (Å²) in [6, 6.07) is 3.31. The average Bonchev–Trinajstić information content (AvgIpc) is 3.28. The summed E-state index contributed by atoms with van der Waals surface area (Å²) in [5, 5.41) is 6.34. The number of hydrogen-bond donors (Lipinski definition) is 3. The van der Waals surface area contributed by atoms with Crippen LogP contribution in [0.1, 0.15) is 39.6 Å². The first-order valence-electron chi connectivity index (χ1n) is 12.2. The van der Waals surface area contributed by atoms with Gasteiger partial charge in [-0.1, -0.05) is 11.6 Å². The third-order valence-corrected chi connectivity index (χ3v) is 9.42. The lowest BCUT2D eigenvalue weighted by Crippen LogP contribution is -2.57. The summed E-state index contributed by atoms with van der Waals surface area (Å²) in [7, 11) is 1.23. The highest BCUT2D eigenvalue weighted by molar-refractivity contribution is 7.90. The Morgan fingerprint density at radius 3 is 2.50 bits per heavy atom. The van der Waals surface area contributed by atoms with Crippen molar-refractivity contribution in [2.24, 2.45) is 5.92 Å². The first-order valence-corrected chi connectivity index (χ1v) is 14.9. The van der Waals surface area contributed by atoms with Gasteiger partial charge in [0.05, 0.1) is 22.7 Å². The van der Waals surface area contributed by atoms with Crippen LogP contribution in [0.3, 0.4) is 0 Å². The summed E-state index contributed by atoms with van der Waals surface area (Å²) in [5.74, 6) is -0.784. The molecule has 0 saturated heterocycles. The SMILES string of the molecule is CN1CCc2nc(C(=O)N[C@@H]3CC(C(=O)N(C)C)CC[C@@H]3NC(=O)NS(=O)(=O)c3ccc(Cl)cc3)sc2C1. The summed E-state index contributed by atoms with van der Waals surface area (Å²) in [6.07, 6.45) is 1.93. The molecule has 1 fully saturated rings. The number of nitrogens with one attached hydrogen (secondary N) is 3. The van der Waals surface area contributed by atoms with Gasteiger partial charge >= 0.3 is 6.03 Å². The Morgan fingerprint density at radius 2 is 1.82 bits per heavy atom. The molecule has 1 saturated carbocycles. The van der Waals surface area contributed by atoms with Crippen molar-refractivity contribution in [3.05, 3.63) is 44.9 Å². The molecule has 2 aromatic rings. The second kappa shape index (κ2) is 11.6. The molecular formula is C24H31ClN6O5S2. The molecule has 1 aliphatic heterocycles. The Morgan fingerprint density at radius 1 is 1.11 bits per heavy atom. The van der Waals surface area contributed by atoms with Gasteiger partial charge < -0.3 is 20.4 Å². The predicted molar refractivity (Wildman–Crippen MR) is 144 cm³/mol. The highest BCUT2D eigenvalue weighted by Crippen LogP contribution is 2.28. The van der Waals surface area contributed by atoms with Gasteiger partial charge in [-0.3, -0.25) is 9.59 Å². The highest BCUT2D eigenvalue weighted by Gasteiger charge is 2.37. The maximum atomic E-state index is 13.2. The summed E-state index contributed by atoms with van der Waals surface area (Å²) in [5.41, 5.74) is 0.920. The molecule has 1 aliphatic carbocycles. The molecule has 2 aliphatic rings. The van der Waals surface area contributed by atoms with Gasteiger partial charge in [-0.25, -0.2) is 22.9 Å². The van der Waals surface area contributed by atoms with Crippen LogP contribution in [0.25, 0.3) is 0 Å². The van der Waals surface area contributed by atoms with Crippen LogP contribution in [0.5, 0.6) is 0 Å². The van der Waals surface area contributed by atoms with Crippen LogP contribution < -0.4 is 15.4 Å². The van der Waals surface area contributed by atoms with E-state index in [1.54, 1.807) is 14.1 Å². The fraction of sp³-hybridized carbons (Fsp3) is 0.500. The molecule has 3 atom stereocenters. The number of nitrogens with zero attached hydrogens (tertiary/aromatic N) is 3. The molecule has 3 N–H and O–H groups in total. The lowest BCUT2D eigenvalue weighted by Gasteiger charge is -2.37. The lowest BCUT2D eigenvalue weighted by molar-refractivity contribution is -0.134. The van der Waals surface area contributed by atoms with Crippen LogP contribution in [0.4, 0.5) is 4.79 Å². The fourth-order valence-corrected chi connectivity index (χ4v) is 6.87. The number of carbonyl (C=O) groups is 3. The minimum Gasteiger partial charge on any atom is -0.349 e. The molecule has 0 bridgehead atoms. The van der Waals surface area contributed by atoms with Gasteiger partial charge in [0.2, 0.25) is 5.91 Å². The minimum absolute atomic E-state index is 0.0646. The Kier molecular flexibility index (Phi) is 8.60. The van der Waals surface area contributed by atoms with E-state index >= 15 is 0 Å². The van der Waals surface area contributed by atoms with Crippen LogP contribution >= 0.6 is 22.9 Å². The van der Waals surface area contributed by atoms with Gasteiger partial charge in [0, 0.05) is 49.4 Å². The zero-order chi connectivity index (χ0) is 27.6. The molecule has 14 heteroatoms. The minimum atomic E-state index is -4.13. The third-order valence-electron chi connectivity index (χ3n) is 6.74. The topological polar surface area (TPSA) is 141 Å². The maximum absolute atomic E-state index is 13.2. The number of rotatable bonds is 6. The molecule has 0 spiro atoms. The van der Waals surface area contributed by atoms with E-state index in [9.17, 15) is 22.8 Å². The van der Waals surface area contributed by atoms with Crippen molar-refractivity contribution in [2.45, 2.75) is 49.2 Å². The number of sulfonamides is 1. The van der Waals surface area contributed by atoms with Crippen molar-refractivity contribution in [1.82, 2.24) is 30.1 Å². The molecular weight excluding hydrogens is 552 g/mol. The largest absolute Gasteiger partial charge is 0.349 e.